The Morgan fingerprint density at radius 1 is 1.09 bits per heavy atom. The number of hydrogen-bond acceptors (Lipinski definition) is 3. The number of aromatic nitrogens is 1. The lowest BCUT2D eigenvalue weighted by atomic mass is 10.2. The van der Waals surface area contributed by atoms with Crippen LogP contribution in [0, 0.1) is 0 Å². The van der Waals surface area contributed by atoms with E-state index in [-0.39, 0.29) is 11.3 Å². The topological polar surface area (TPSA) is 48.3 Å². The van der Waals surface area contributed by atoms with E-state index in [1.54, 1.807) is 30.3 Å². The SMILES string of the molecule is CC(=O)Oc1cc(=O)n(-c2ccccc2Cl)c2ccccc12. The van der Waals surface area contributed by atoms with E-state index in [1.165, 1.54) is 17.6 Å². The van der Waals surface area contributed by atoms with Crippen LogP contribution in [0.5, 0.6) is 5.75 Å². The molecule has 0 aliphatic carbocycles. The highest BCUT2D eigenvalue weighted by molar-refractivity contribution is 6.32. The summed E-state index contributed by atoms with van der Waals surface area (Å²) in [6.45, 7) is 1.30. The van der Waals surface area contributed by atoms with E-state index in [1.807, 2.05) is 18.2 Å². The van der Waals surface area contributed by atoms with Gasteiger partial charge >= 0.3 is 5.97 Å². The summed E-state index contributed by atoms with van der Waals surface area (Å²) in [5, 5.41) is 1.13. The van der Waals surface area contributed by atoms with Crippen LogP contribution in [0.2, 0.25) is 5.02 Å². The summed E-state index contributed by atoms with van der Waals surface area (Å²) >= 11 is 6.21. The lowest BCUT2D eigenvalue weighted by Crippen LogP contribution is -2.19. The van der Waals surface area contributed by atoms with E-state index in [2.05, 4.69) is 0 Å². The summed E-state index contributed by atoms with van der Waals surface area (Å²) in [4.78, 5) is 23.7. The maximum absolute atomic E-state index is 12.5. The molecule has 3 rings (SSSR count). The third-order valence-corrected chi connectivity index (χ3v) is 3.55. The highest BCUT2D eigenvalue weighted by Gasteiger charge is 2.13. The zero-order valence-electron chi connectivity index (χ0n) is 11.7. The number of fused-ring (bicyclic) bond motifs is 1. The average molecular weight is 314 g/mol. The highest BCUT2D eigenvalue weighted by Crippen LogP contribution is 2.28. The smallest absolute Gasteiger partial charge is 0.308 e. The minimum absolute atomic E-state index is 0.247. The maximum Gasteiger partial charge on any atom is 0.308 e. The molecular formula is C17H12ClNO3. The van der Waals surface area contributed by atoms with E-state index >= 15 is 0 Å². The Labute approximate surface area is 131 Å². The average Bonchev–Trinajstić information content (AvgIpc) is 2.48. The summed E-state index contributed by atoms with van der Waals surface area (Å²) in [6, 6.07) is 15.6. The van der Waals surface area contributed by atoms with Gasteiger partial charge in [0.25, 0.3) is 5.56 Å². The van der Waals surface area contributed by atoms with Crippen LogP contribution in [0.3, 0.4) is 0 Å². The van der Waals surface area contributed by atoms with Crippen molar-refractivity contribution < 1.29 is 9.53 Å². The fourth-order valence-electron chi connectivity index (χ4n) is 2.37. The second-order valence-electron chi connectivity index (χ2n) is 4.74. The second-order valence-corrected chi connectivity index (χ2v) is 5.15. The molecule has 22 heavy (non-hydrogen) atoms. The Morgan fingerprint density at radius 3 is 2.50 bits per heavy atom. The lowest BCUT2D eigenvalue weighted by molar-refractivity contribution is -0.131. The molecule has 0 radical (unpaired) electrons. The number of halogens is 1. The fraction of sp³-hybridized carbons (Fsp3) is 0.0588. The van der Waals surface area contributed by atoms with Crippen LogP contribution in [0.1, 0.15) is 6.92 Å². The molecule has 1 heterocycles. The standard InChI is InChI=1S/C17H12ClNO3/c1-11(20)22-16-10-17(21)19(14-8-4-2-6-12(14)16)15-9-5-3-7-13(15)18/h2-10H,1H3. The van der Waals surface area contributed by atoms with Crippen molar-refractivity contribution in [3.63, 3.8) is 0 Å². The van der Waals surface area contributed by atoms with Crippen LogP contribution in [0.25, 0.3) is 16.6 Å². The van der Waals surface area contributed by atoms with Crippen LogP contribution in [0.15, 0.2) is 59.4 Å². The first kappa shape index (κ1) is 14.4. The van der Waals surface area contributed by atoms with E-state index in [4.69, 9.17) is 16.3 Å². The molecule has 0 saturated carbocycles. The number of para-hydroxylation sites is 2. The Kier molecular flexibility index (Phi) is 3.69. The highest BCUT2D eigenvalue weighted by atomic mass is 35.5. The van der Waals surface area contributed by atoms with E-state index in [0.717, 1.165) is 0 Å². The number of ether oxygens (including phenoxy) is 1. The summed E-state index contributed by atoms with van der Waals surface area (Å²) in [5.41, 5.74) is 0.891. The minimum Gasteiger partial charge on any atom is -0.426 e. The number of rotatable bonds is 2. The number of pyridine rings is 1. The molecule has 0 bridgehead atoms. The largest absolute Gasteiger partial charge is 0.426 e. The van der Waals surface area contributed by atoms with Gasteiger partial charge in [-0.1, -0.05) is 35.9 Å². The quantitative estimate of drug-likeness (QED) is 0.680. The zero-order chi connectivity index (χ0) is 15.7. The van der Waals surface area contributed by atoms with Crippen molar-refractivity contribution in [3.8, 4) is 11.4 Å². The maximum atomic E-state index is 12.5. The van der Waals surface area contributed by atoms with Crippen molar-refractivity contribution in [2.45, 2.75) is 6.92 Å². The molecule has 0 atom stereocenters. The monoisotopic (exact) mass is 313 g/mol. The number of esters is 1. The molecule has 0 fully saturated rings. The van der Waals surface area contributed by atoms with Crippen molar-refractivity contribution in [2.24, 2.45) is 0 Å². The third-order valence-electron chi connectivity index (χ3n) is 3.23. The fourth-order valence-corrected chi connectivity index (χ4v) is 2.59. The molecule has 3 aromatic rings. The predicted molar refractivity (Wildman–Crippen MR) is 85.9 cm³/mol. The van der Waals surface area contributed by atoms with Crippen LogP contribution >= 0.6 is 11.6 Å². The van der Waals surface area contributed by atoms with E-state index < -0.39 is 5.97 Å². The molecule has 5 heteroatoms. The van der Waals surface area contributed by atoms with Crippen LogP contribution in [0.4, 0.5) is 0 Å². The minimum atomic E-state index is -0.472. The molecule has 0 N–H and O–H groups in total. The zero-order valence-corrected chi connectivity index (χ0v) is 12.5. The lowest BCUT2D eigenvalue weighted by Gasteiger charge is -2.14. The molecule has 0 spiro atoms. The van der Waals surface area contributed by atoms with Gasteiger partial charge in [0.05, 0.1) is 16.2 Å². The molecule has 0 amide bonds. The van der Waals surface area contributed by atoms with Crippen LogP contribution in [-0.2, 0) is 4.79 Å². The van der Waals surface area contributed by atoms with E-state index in [0.29, 0.717) is 21.6 Å². The molecule has 1 aromatic heterocycles. The van der Waals surface area contributed by atoms with Crippen molar-refractivity contribution in [1.82, 2.24) is 4.57 Å². The molecule has 110 valence electrons. The number of nitrogens with zero attached hydrogens (tertiary/aromatic N) is 1. The first-order chi connectivity index (χ1) is 10.6. The molecule has 0 saturated heterocycles. The second kappa shape index (κ2) is 5.66. The normalized spacial score (nSPS) is 10.6. The van der Waals surface area contributed by atoms with Gasteiger partial charge in [0.1, 0.15) is 5.75 Å². The Balaban J connectivity index is 2.38. The van der Waals surface area contributed by atoms with Crippen molar-refractivity contribution in [1.29, 1.82) is 0 Å². The van der Waals surface area contributed by atoms with Gasteiger partial charge in [-0.3, -0.25) is 14.2 Å². The molecule has 0 aliphatic rings. The van der Waals surface area contributed by atoms with Crippen molar-refractivity contribution >= 4 is 28.5 Å². The Hall–Kier alpha value is -2.59. The third kappa shape index (κ3) is 2.49. The first-order valence-corrected chi connectivity index (χ1v) is 7.04. The van der Waals surface area contributed by atoms with Gasteiger partial charge in [-0.15, -0.1) is 0 Å². The van der Waals surface area contributed by atoms with Gasteiger partial charge in [-0.2, -0.15) is 0 Å². The van der Waals surface area contributed by atoms with Crippen molar-refractivity contribution in [2.75, 3.05) is 0 Å². The number of carbonyl (C=O) groups excluding carboxylic acids is 1. The van der Waals surface area contributed by atoms with Crippen LogP contribution < -0.4 is 10.3 Å². The molecule has 2 aromatic carbocycles. The van der Waals surface area contributed by atoms with Crippen LogP contribution in [-0.4, -0.2) is 10.5 Å². The van der Waals surface area contributed by atoms with Gasteiger partial charge < -0.3 is 4.74 Å². The summed E-state index contributed by atoms with van der Waals surface area (Å²) in [7, 11) is 0. The summed E-state index contributed by atoms with van der Waals surface area (Å²) in [6.07, 6.45) is 0. The van der Waals surface area contributed by atoms with Gasteiger partial charge in [-0.05, 0) is 24.3 Å². The Bertz CT molecular complexity index is 931. The van der Waals surface area contributed by atoms with Gasteiger partial charge in [0, 0.05) is 18.4 Å². The molecule has 4 nitrogen and oxygen atoms in total. The number of hydrogen-bond donors (Lipinski definition) is 0. The predicted octanol–water partition coefficient (Wildman–Crippen LogP) is 3.57. The number of carbonyl (C=O) groups is 1. The molecule has 0 aliphatic heterocycles. The van der Waals surface area contributed by atoms with Gasteiger partial charge in [0.15, 0.2) is 0 Å². The molecule has 0 unspecified atom stereocenters. The Morgan fingerprint density at radius 2 is 1.77 bits per heavy atom. The number of benzene rings is 2. The van der Waals surface area contributed by atoms with Gasteiger partial charge in [-0.25, -0.2) is 0 Å². The first-order valence-electron chi connectivity index (χ1n) is 6.66. The van der Waals surface area contributed by atoms with Crippen molar-refractivity contribution in [3.05, 3.63) is 70.0 Å². The van der Waals surface area contributed by atoms with Gasteiger partial charge in [0.2, 0.25) is 0 Å². The summed E-state index contributed by atoms with van der Waals surface area (Å²) < 4.78 is 6.65. The molecular weight excluding hydrogens is 302 g/mol. The van der Waals surface area contributed by atoms with E-state index in [9.17, 15) is 9.59 Å². The summed E-state index contributed by atoms with van der Waals surface area (Å²) in [5.74, 6) is -0.226.